The van der Waals surface area contributed by atoms with Crippen LogP contribution < -0.4 is 5.32 Å². The van der Waals surface area contributed by atoms with E-state index in [0.717, 1.165) is 0 Å². The van der Waals surface area contributed by atoms with Gasteiger partial charge in [0.05, 0.1) is 12.4 Å². The van der Waals surface area contributed by atoms with Crippen molar-refractivity contribution in [3.05, 3.63) is 17.5 Å². The minimum absolute atomic E-state index is 0.00466. The van der Waals surface area contributed by atoms with Crippen LogP contribution in [0, 0.1) is 0 Å². The quantitative estimate of drug-likeness (QED) is 0.817. The molecular formula is C8H10ClN3O2. The third kappa shape index (κ3) is 3.68. The number of hydrogen-bond acceptors (Lipinski definition) is 4. The van der Waals surface area contributed by atoms with E-state index in [9.17, 15) is 4.79 Å². The Morgan fingerprint density at radius 1 is 1.64 bits per heavy atom. The summed E-state index contributed by atoms with van der Waals surface area (Å²) in [6, 6.07) is 0. The summed E-state index contributed by atoms with van der Waals surface area (Å²) in [5.41, 5.74) is 0. The van der Waals surface area contributed by atoms with Crippen molar-refractivity contribution in [2.45, 2.75) is 6.92 Å². The lowest BCUT2D eigenvalue weighted by atomic mass is 10.6. The van der Waals surface area contributed by atoms with Crippen LogP contribution in [0.4, 0.5) is 5.82 Å². The van der Waals surface area contributed by atoms with E-state index < -0.39 is 0 Å². The third-order valence-electron chi connectivity index (χ3n) is 1.31. The predicted octanol–water partition coefficient (Wildman–Crippen LogP) is 1.10. The molecule has 1 heterocycles. The van der Waals surface area contributed by atoms with Crippen molar-refractivity contribution in [3.8, 4) is 0 Å². The number of anilines is 1. The van der Waals surface area contributed by atoms with Crippen LogP contribution in [0.5, 0.6) is 0 Å². The van der Waals surface area contributed by atoms with Gasteiger partial charge >= 0.3 is 0 Å². The normalized spacial score (nSPS) is 9.86. The zero-order chi connectivity index (χ0) is 10.4. The van der Waals surface area contributed by atoms with Crippen LogP contribution in [0.15, 0.2) is 12.4 Å². The minimum atomic E-state index is -0.275. The van der Waals surface area contributed by atoms with Gasteiger partial charge in [-0.3, -0.25) is 9.78 Å². The first-order chi connectivity index (χ1) is 6.72. The standard InChI is InChI=1S/C8H10ClN3O2/c1-2-14-5-8(13)12-7-4-10-3-6(9)11-7/h3-4H,2,5H2,1H3,(H,11,12,13). The number of nitrogens with one attached hydrogen (secondary N) is 1. The molecule has 0 aliphatic carbocycles. The SMILES string of the molecule is CCOCC(=O)Nc1cncc(Cl)n1. The van der Waals surface area contributed by atoms with E-state index in [1.54, 1.807) is 0 Å². The smallest absolute Gasteiger partial charge is 0.251 e. The summed E-state index contributed by atoms with van der Waals surface area (Å²) in [6.07, 6.45) is 2.80. The van der Waals surface area contributed by atoms with Gasteiger partial charge < -0.3 is 10.1 Å². The van der Waals surface area contributed by atoms with Crippen LogP contribution in [-0.2, 0) is 9.53 Å². The first-order valence-corrected chi connectivity index (χ1v) is 4.45. The van der Waals surface area contributed by atoms with Crippen molar-refractivity contribution < 1.29 is 9.53 Å². The first-order valence-electron chi connectivity index (χ1n) is 4.07. The minimum Gasteiger partial charge on any atom is -0.372 e. The van der Waals surface area contributed by atoms with E-state index in [1.807, 2.05) is 6.92 Å². The van der Waals surface area contributed by atoms with Gasteiger partial charge in [-0.2, -0.15) is 0 Å². The van der Waals surface area contributed by atoms with E-state index in [1.165, 1.54) is 12.4 Å². The Morgan fingerprint density at radius 2 is 2.43 bits per heavy atom. The molecule has 1 N–H and O–H groups in total. The maximum absolute atomic E-state index is 11.1. The second-order valence-corrected chi connectivity index (χ2v) is 2.80. The van der Waals surface area contributed by atoms with Gasteiger partial charge in [0.2, 0.25) is 0 Å². The molecule has 0 bridgehead atoms. The van der Waals surface area contributed by atoms with Crippen molar-refractivity contribution in [2.75, 3.05) is 18.5 Å². The fourth-order valence-corrected chi connectivity index (χ4v) is 0.923. The lowest BCUT2D eigenvalue weighted by Gasteiger charge is -2.03. The van der Waals surface area contributed by atoms with Crippen LogP contribution in [0.1, 0.15) is 6.92 Å². The Kier molecular flexibility index (Phi) is 4.28. The highest BCUT2D eigenvalue weighted by molar-refractivity contribution is 6.29. The van der Waals surface area contributed by atoms with Gasteiger partial charge in [0.15, 0.2) is 5.82 Å². The Bertz CT molecular complexity index is 319. The molecule has 0 atom stereocenters. The van der Waals surface area contributed by atoms with Gasteiger partial charge in [-0.15, -0.1) is 0 Å². The number of nitrogens with zero attached hydrogens (tertiary/aromatic N) is 2. The average Bonchev–Trinajstić information content (AvgIpc) is 2.15. The number of rotatable bonds is 4. The molecule has 0 saturated carbocycles. The third-order valence-corrected chi connectivity index (χ3v) is 1.49. The molecule has 5 nitrogen and oxygen atoms in total. The fraction of sp³-hybridized carbons (Fsp3) is 0.375. The van der Waals surface area contributed by atoms with E-state index in [0.29, 0.717) is 12.4 Å². The highest BCUT2D eigenvalue weighted by Crippen LogP contribution is 2.06. The highest BCUT2D eigenvalue weighted by atomic mass is 35.5. The van der Waals surface area contributed by atoms with Crippen molar-refractivity contribution in [1.29, 1.82) is 0 Å². The van der Waals surface area contributed by atoms with E-state index in [4.69, 9.17) is 16.3 Å². The lowest BCUT2D eigenvalue weighted by molar-refractivity contribution is -0.120. The molecule has 0 aliphatic rings. The molecule has 14 heavy (non-hydrogen) atoms. The molecule has 76 valence electrons. The van der Waals surface area contributed by atoms with Crippen LogP contribution in [0.25, 0.3) is 0 Å². The summed E-state index contributed by atoms with van der Waals surface area (Å²) in [4.78, 5) is 18.7. The van der Waals surface area contributed by atoms with Gasteiger partial charge in [0.25, 0.3) is 5.91 Å². The van der Waals surface area contributed by atoms with Crippen LogP contribution in [-0.4, -0.2) is 29.1 Å². The maximum Gasteiger partial charge on any atom is 0.251 e. The monoisotopic (exact) mass is 215 g/mol. The summed E-state index contributed by atoms with van der Waals surface area (Å²) < 4.78 is 4.90. The van der Waals surface area contributed by atoms with Gasteiger partial charge in [0, 0.05) is 6.61 Å². The molecule has 0 fully saturated rings. The second kappa shape index (κ2) is 5.51. The summed E-state index contributed by atoms with van der Waals surface area (Å²) in [7, 11) is 0. The number of halogens is 1. The molecule has 1 aromatic rings. The molecular weight excluding hydrogens is 206 g/mol. The second-order valence-electron chi connectivity index (χ2n) is 2.41. The number of amides is 1. The highest BCUT2D eigenvalue weighted by Gasteiger charge is 2.03. The average molecular weight is 216 g/mol. The fourth-order valence-electron chi connectivity index (χ4n) is 0.776. The van der Waals surface area contributed by atoms with Gasteiger partial charge in [-0.1, -0.05) is 11.6 Å². The Morgan fingerprint density at radius 3 is 3.07 bits per heavy atom. The first kappa shape index (κ1) is 10.9. The summed E-state index contributed by atoms with van der Waals surface area (Å²) in [5, 5.41) is 2.73. The molecule has 0 radical (unpaired) electrons. The predicted molar refractivity (Wildman–Crippen MR) is 52.2 cm³/mol. The largest absolute Gasteiger partial charge is 0.372 e. The summed E-state index contributed by atoms with van der Waals surface area (Å²) in [6.45, 7) is 2.31. The molecule has 1 rings (SSSR count). The lowest BCUT2D eigenvalue weighted by Crippen LogP contribution is -2.19. The molecule has 0 spiro atoms. The number of aromatic nitrogens is 2. The number of carbonyl (C=O) groups excluding carboxylic acids is 1. The molecule has 0 saturated heterocycles. The van der Waals surface area contributed by atoms with E-state index in [2.05, 4.69) is 15.3 Å². The van der Waals surface area contributed by atoms with Crippen LogP contribution >= 0.6 is 11.6 Å². The van der Waals surface area contributed by atoms with Gasteiger partial charge in [-0.25, -0.2) is 4.98 Å². The van der Waals surface area contributed by atoms with E-state index in [-0.39, 0.29) is 17.7 Å². The molecule has 0 aromatic carbocycles. The number of hydrogen-bond donors (Lipinski definition) is 1. The van der Waals surface area contributed by atoms with Crippen LogP contribution in [0.3, 0.4) is 0 Å². The van der Waals surface area contributed by atoms with Gasteiger partial charge in [-0.05, 0) is 6.92 Å². The molecule has 0 aliphatic heterocycles. The Balaban J connectivity index is 2.47. The zero-order valence-electron chi connectivity index (χ0n) is 7.66. The maximum atomic E-state index is 11.1. The van der Waals surface area contributed by atoms with E-state index >= 15 is 0 Å². The topological polar surface area (TPSA) is 64.1 Å². The van der Waals surface area contributed by atoms with Crippen molar-refractivity contribution in [1.82, 2.24) is 9.97 Å². The Hall–Kier alpha value is -1.20. The van der Waals surface area contributed by atoms with Gasteiger partial charge in [0.1, 0.15) is 11.8 Å². The number of ether oxygens (including phenoxy) is 1. The molecule has 1 aromatic heterocycles. The summed E-state index contributed by atoms with van der Waals surface area (Å²) in [5.74, 6) is 0.0469. The molecule has 0 unspecified atom stereocenters. The summed E-state index contributed by atoms with van der Waals surface area (Å²) >= 11 is 5.58. The molecule has 6 heteroatoms. The van der Waals surface area contributed by atoms with Crippen LogP contribution in [0.2, 0.25) is 5.15 Å². The zero-order valence-corrected chi connectivity index (χ0v) is 8.41. The van der Waals surface area contributed by atoms with Crippen molar-refractivity contribution in [3.63, 3.8) is 0 Å². The van der Waals surface area contributed by atoms with Crippen molar-refractivity contribution >= 4 is 23.3 Å². The number of carbonyl (C=O) groups is 1. The molecule has 1 amide bonds. The Labute approximate surface area is 86.5 Å². The van der Waals surface area contributed by atoms with Crippen molar-refractivity contribution in [2.24, 2.45) is 0 Å².